The summed E-state index contributed by atoms with van der Waals surface area (Å²) >= 11 is 0. The first-order chi connectivity index (χ1) is 14.8. The molecule has 32 heavy (non-hydrogen) atoms. The summed E-state index contributed by atoms with van der Waals surface area (Å²) in [5.41, 5.74) is 0.910. The van der Waals surface area contributed by atoms with Gasteiger partial charge >= 0.3 is 0 Å². The zero-order valence-electron chi connectivity index (χ0n) is 20.5. The first-order valence-corrected chi connectivity index (χ1v) is 11.2. The Balaban J connectivity index is 0.00000512. The summed E-state index contributed by atoms with van der Waals surface area (Å²) in [7, 11) is 5.11. The van der Waals surface area contributed by atoms with Crippen molar-refractivity contribution in [3.05, 3.63) is 23.8 Å². The molecule has 1 fully saturated rings. The highest BCUT2D eigenvalue weighted by Gasteiger charge is 2.34. The zero-order chi connectivity index (χ0) is 22.9. The van der Waals surface area contributed by atoms with Crippen LogP contribution in [0.5, 0.6) is 11.5 Å². The van der Waals surface area contributed by atoms with Gasteiger partial charge in [-0.1, -0.05) is 46.1 Å². The van der Waals surface area contributed by atoms with Gasteiger partial charge in [0.15, 0.2) is 17.5 Å². The molecule has 1 saturated carbocycles. The number of carbonyl (C=O) groups is 1. The molecular weight excluding hydrogens is 519 g/mol. The molecule has 1 aliphatic carbocycles. The third-order valence-electron chi connectivity index (χ3n) is 6.01. The van der Waals surface area contributed by atoms with Gasteiger partial charge in [-0.3, -0.25) is 9.79 Å². The lowest BCUT2D eigenvalue weighted by Crippen LogP contribution is -2.48. The van der Waals surface area contributed by atoms with Crippen LogP contribution < -0.4 is 25.4 Å². The standard InChI is InChI=1S/C24H40N4O3.HI/c1-23(2,3)21(29)26-14-15-27-22(25-4)28-17-24(12-8-7-9-13-24)18-10-11-19(30-5)20(16-18)31-6;/h10-11,16H,7-9,12-15,17H2,1-6H3,(H,26,29)(H2,25,27,28);1H. The lowest BCUT2D eigenvalue weighted by molar-refractivity contribution is -0.128. The number of carbonyl (C=O) groups excluding carboxylic acids is 1. The summed E-state index contributed by atoms with van der Waals surface area (Å²) < 4.78 is 11.0. The highest BCUT2D eigenvalue weighted by Crippen LogP contribution is 2.42. The summed E-state index contributed by atoms with van der Waals surface area (Å²) in [6, 6.07) is 6.27. The van der Waals surface area contributed by atoms with Crippen molar-refractivity contribution in [1.29, 1.82) is 0 Å². The second-order valence-corrected chi connectivity index (χ2v) is 9.27. The van der Waals surface area contributed by atoms with Crippen LogP contribution >= 0.6 is 24.0 Å². The second kappa shape index (κ2) is 13.1. The van der Waals surface area contributed by atoms with Gasteiger partial charge in [-0.05, 0) is 30.5 Å². The fourth-order valence-electron chi connectivity index (χ4n) is 4.06. The summed E-state index contributed by atoms with van der Waals surface area (Å²) in [5, 5.41) is 9.78. The Bertz CT molecular complexity index is 756. The lowest BCUT2D eigenvalue weighted by atomic mass is 9.69. The average Bonchev–Trinajstić information content (AvgIpc) is 2.77. The van der Waals surface area contributed by atoms with Gasteiger partial charge in [-0.2, -0.15) is 0 Å². The Morgan fingerprint density at radius 2 is 1.62 bits per heavy atom. The number of guanidine groups is 1. The van der Waals surface area contributed by atoms with Crippen LogP contribution in [0.1, 0.15) is 58.4 Å². The third kappa shape index (κ3) is 7.71. The summed E-state index contributed by atoms with van der Waals surface area (Å²) in [4.78, 5) is 16.4. The van der Waals surface area contributed by atoms with E-state index in [1.807, 2.05) is 26.8 Å². The fraction of sp³-hybridized carbons (Fsp3) is 0.667. The van der Waals surface area contributed by atoms with E-state index in [1.165, 1.54) is 24.8 Å². The molecule has 8 heteroatoms. The number of benzene rings is 1. The Hall–Kier alpha value is -1.71. The smallest absolute Gasteiger partial charge is 0.225 e. The Morgan fingerprint density at radius 1 is 1.00 bits per heavy atom. The average molecular weight is 561 g/mol. The van der Waals surface area contributed by atoms with Crippen molar-refractivity contribution in [2.24, 2.45) is 10.4 Å². The van der Waals surface area contributed by atoms with Crippen molar-refractivity contribution >= 4 is 35.8 Å². The molecule has 0 atom stereocenters. The van der Waals surface area contributed by atoms with E-state index in [0.717, 1.165) is 36.8 Å². The second-order valence-electron chi connectivity index (χ2n) is 9.27. The molecular formula is C24H41IN4O3. The molecule has 7 nitrogen and oxygen atoms in total. The number of nitrogens with one attached hydrogen (secondary N) is 3. The van der Waals surface area contributed by atoms with Crippen LogP contribution in [0.15, 0.2) is 23.2 Å². The van der Waals surface area contributed by atoms with E-state index >= 15 is 0 Å². The molecule has 3 N–H and O–H groups in total. The molecule has 0 unspecified atom stereocenters. The van der Waals surface area contributed by atoms with Crippen molar-refractivity contribution in [3.8, 4) is 11.5 Å². The van der Waals surface area contributed by atoms with Gasteiger partial charge in [-0.15, -0.1) is 24.0 Å². The van der Waals surface area contributed by atoms with Crippen LogP contribution in [0.4, 0.5) is 0 Å². The van der Waals surface area contributed by atoms with Crippen molar-refractivity contribution in [2.45, 2.75) is 58.3 Å². The van der Waals surface area contributed by atoms with E-state index in [9.17, 15) is 4.79 Å². The molecule has 1 aliphatic rings. The number of rotatable bonds is 8. The predicted octanol–water partition coefficient (Wildman–Crippen LogP) is 3.85. The minimum atomic E-state index is -0.382. The minimum Gasteiger partial charge on any atom is -0.493 e. The summed E-state index contributed by atoms with van der Waals surface area (Å²) in [6.07, 6.45) is 5.93. The fourth-order valence-corrected chi connectivity index (χ4v) is 4.06. The quantitative estimate of drug-likeness (QED) is 0.195. The van der Waals surface area contributed by atoms with Crippen molar-refractivity contribution < 1.29 is 14.3 Å². The van der Waals surface area contributed by atoms with E-state index < -0.39 is 0 Å². The molecule has 0 aromatic heterocycles. The number of halogens is 1. The largest absolute Gasteiger partial charge is 0.493 e. The minimum absolute atomic E-state index is 0. The van der Waals surface area contributed by atoms with E-state index in [2.05, 4.69) is 33.1 Å². The molecule has 182 valence electrons. The summed E-state index contributed by atoms with van der Waals surface area (Å²) in [5.74, 6) is 2.31. The lowest BCUT2D eigenvalue weighted by Gasteiger charge is -2.38. The van der Waals surface area contributed by atoms with Gasteiger partial charge in [0.1, 0.15) is 0 Å². The number of methoxy groups -OCH3 is 2. The van der Waals surface area contributed by atoms with Crippen LogP contribution in [0, 0.1) is 5.41 Å². The maximum atomic E-state index is 12.0. The first kappa shape index (κ1) is 28.3. The van der Waals surface area contributed by atoms with Crippen LogP contribution in [0.3, 0.4) is 0 Å². The topological polar surface area (TPSA) is 84.0 Å². The number of aliphatic imine (C=N–C) groups is 1. The third-order valence-corrected chi connectivity index (χ3v) is 6.01. The molecule has 1 amide bonds. The van der Waals surface area contributed by atoms with Gasteiger partial charge in [-0.25, -0.2) is 0 Å². The molecule has 0 heterocycles. The molecule has 0 bridgehead atoms. The molecule has 0 spiro atoms. The Labute approximate surface area is 210 Å². The first-order valence-electron chi connectivity index (χ1n) is 11.2. The van der Waals surface area contributed by atoms with Gasteiger partial charge in [0.25, 0.3) is 0 Å². The summed E-state index contributed by atoms with van der Waals surface area (Å²) in [6.45, 7) is 7.69. The van der Waals surface area contributed by atoms with Gasteiger partial charge < -0.3 is 25.4 Å². The van der Waals surface area contributed by atoms with Crippen LogP contribution in [0.25, 0.3) is 0 Å². The zero-order valence-corrected chi connectivity index (χ0v) is 22.8. The maximum Gasteiger partial charge on any atom is 0.225 e. The number of hydrogen-bond donors (Lipinski definition) is 3. The van der Waals surface area contributed by atoms with E-state index in [0.29, 0.717) is 13.1 Å². The van der Waals surface area contributed by atoms with Gasteiger partial charge in [0, 0.05) is 37.5 Å². The molecule has 0 radical (unpaired) electrons. The number of hydrogen-bond acceptors (Lipinski definition) is 4. The number of ether oxygens (including phenoxy) is 2. The number of amides is 1. The van der Waals surface area contributed by atoms with Gasteiger partial charge in [0.2, 0.25) is 5.91 Å². The molecule has 1 aromatic carbocycles. The molecule has 1 aromatic rings. The monoisotopic (exact) mass is 560 g/mol. The normalized spacial score (nSPS) is 15.9. The van der Waals surface area contributed by atoms with E-state index in [4.69, 9.17) is 9.47 Å². The van der Waals surface area contributed by atoms with Crippen molar-refractivity contribution in [3.63, 3.8) is 0 Å². The van der Waals surface area contributed by atoms with Crippen LogP contribution in [-0.4, -0.2) is 52.8 Å². The molecule has 0 saturated heterocycles. The highest BCUT2D eigenvalue weighted by atomic mass is 127. The molecule has 0 aliphatic heterocycles. The molecule has 2 rings (SSSR count). The SMILES string of the molecule is CN=C(NCCNC(=O)C(C)(C)C)NCC1(c2ccc(OC)c(OC)c2)CCCCC1.I. The van der Waals surface area contributed by atoms with E-state index in [1.54, 1.807) is 21.3 Å². The van der Waals surface area contributed by atoms with Crippen molar-refractivity contribution in [2.75, 3.05) is 40.9 Å². The Kier molecular flexibility index (Phi) is 11.6. The van der Waals surface area contributed by atoms with Gasteiger partial charge in [0.05, 0.1) is 14.2 Å². The Morgan fingerprint density at radius 3 is 2.19 bits per heavy atom. The van der Waals surface area contributed by atoms with Crippen molar-refractivity contribution in [1.82, 2.24) is 16.0 Å². The predicted molar refractivity (Wildman–Crippen MR) is 142 cm³/mol. The van der Waals surface area contributed by atoms with Crippen LogP contribution in [-0.2, 0) is 10.2 Å². The number of nitrogens with zero attached hydrogens (tertiary/aromatic N) is 1. The van der Waals surface area contributed by atoms with Crippen LogP contribution in [0.2, 0.25) is 0 Å². The van der Waals surface area contributed by atoms with E-state index in [-0.39, 0.29) is 40.7 Å². The highest BCUT2D eigenvalue weighted by molar-refractivity contribution is 14.0. The maximum absolute atomic E-state index is 12.0.